The van der Waals surface area contributed by atoms with Gasteiger partial charge in [0.05, 0.1) is 18.8 Å². The molecule has 2 aromatic carbocycles. The second-order valence-corrected chi connectivity index (χ2v) is 6.77. The summed E-state index contributed by atoms with van der Waals surface area (Å²) in [6.45, 7) is 6.35. The van der Waals surface area contributed by atoms with Gasteiger partial charge in [-0.15, -0.1) is 0 Å². The van der Waals surface area contributed by atoms with Crippen LogP contribution in [0.2, 0.25) is 0 Å². The van der Waals surface area contributed by atoms with Gasteiger partial charge in [-0.25, -0.2) is 0 Å². The molecule has 2 aromatic rings. The van der Waals surface area contributed by atoms with Crippen molar-refractivity contribution in [2.45, 2.75) is 19.9 Å². The van der Waals surface area contributed by atoms with Crippen molar-refractivity contribution in [3.63, 3.8) is 0 Å². The van der Waals surface area contributed by atoms with Crippen LogP contribution in [0, 0.1) is 0 Å². The Morgan fingerprint density at radius 2 is 2.03 bits per heavy atom. The highest BCUT2D eigenvalue weighted by molar-refractivity contribution is 5.99. The predicted molar refractivity (Wildman–Crippen MR) is 112 cm³/mol. The molecule has 0 radical (unpaired) electrons. The molecule has 1 aliphatic rings. The average molecular weight is 397 g/mol. The molecule has 154 valence electrons. The van der Waals surface area contributed by atoms with E-state index in [9.17, 15) is 9.59 Å². The summed E-state index contributed by atoms with van der Waals surface area (Å²) in [7, 11) is 1.65. The van der Waals surface area contributed by atoms with Gasteiger partial charge in [0.15, 0.2) is 6.61 Å². The van der Waals surface area contributed by atoms with Gasteiger partial charge in [-0.1, -0.05) is 26.0 Å². The Morgan fingerprint density at radius 3 is 2.76 bits per heavy atom. The molecule has 0 saturated heterocycles. The minimum Gasteiger partial charge on any atom is -0.497 e. The molecule has 2 N–H and O–H groups in total. The topological polar surface area (TPSA) is 79.9 Å². The van der Waals surface area contributed by atoms with E-state index < -0.39 is 0 Å². The van der Waals surface area contributed by atoms with Gasteiger partial charge in [-0.2, -0.15) is 0 Å². The monoisotopic (exact) mass is 397 g/mol. The number of nitrogens with one attached hydrogen (secondary N) is 2. The van der Waals surface area contributed by atoms with Gasteiger partial charge in [-0.05, 0) is 49.0 Å². The Balaban J connectivity index is 1.75. The minimum atomic E-state index is -0.199. The molecule has 1 atom stereocenters. The molecule has 0 unspecified atom stereocenters. The summed E-state index contributed by atoms with van der Waals surface area (Å²) < 4.78 is 10.8. The van der Waals surface area contributed by atoms with E-state index in [1.807, 2.05) is 24.3 Å². The number of carbonyl (C=O) groups is 2. The maximum atomic E-state index is 12.8. The Labute approximate surface area is 171 Å². The Hall–Kier alpha value is -3.06. The second kappa shape index (κ2) is 9.43. The third-order valence-corrected chi connectivity index (χ3v) is 5.06. The van der Waals surface area contributed by atoms with E-state index in [4.69, 9.17) is 9.47 Å². The third kappa shape index (κ3) is 4.86. The summed E-state index contributed by atoms with van der Waals surface area (Å²) in [6, 6.07) is 13.0. The fraction of sp³-hybridized carbons (Fsp3) is 0.364. The molecular weight excluding hydrogens is 370 g/mol. The lowest BCUT2D eigenvalue weighted by Crippen LogP contribution is -2.38. The van der Waals surface area contributed by atoms with Crippen LogP contribution < -0.4 is 20.1 Å². The average Bonchev–Trinajstić information content (AvgIpc) is 2.76. The van der Waals surface area contributed by atoms with E-state index in [0.29, 0.717) is 23.5 Å². The molecule has 0 fully saturated rings. The van der Waals surface area contributed by atoms with Gasteiger partial charge in [0.1, 0.15) is 11.5 Å². The molecule has 29 heavy (non-hydrogen) atoms. The summed E-state index contributed by atoms with van der Waals surface area (Å²) in [5.41, 5.74) is 2.16. The first-order valence-electron chi connectivity index (χ1n) is 9.78. The fourth-order valence-electron chi connectivity index (χ4n) is 3.48. The number of carbonyl (C=O) groups excluding carboxylic acids is 2. The van der Waals surface area contributed by atoms with Gasteiger partial charge >= 0.3 is 0 Å². The van der Waals surface area contributed by atoms with Crippen LogP contribution in [0.4, 0.5) is 5.69 Å². The molecular formula is C22H27N3O4. The van der Waals surface area contributed by atoms with Crippen molar-refractivity contribution in [3.05, 3.63) is 53.6 Å². The van der Waals surface area contributed by atoms with Crippen LogP contribution in [0.3, 0.4) is 0 Å². The van der Waals surface area contributed by atoms with Gasteiger partial charge < -0.3 is 20.1 Å². The fourth-order valence-corrected chi connectivity index (χ4v) is 3.48. The summed E-state index contributed by atoms with van der Waals surface area (Å²) in [6.07, 6.45) is 0. The maximum Gasteiger partial charge on any atom is 0.262 e. The van der Waals surface area contributed by atoms with Crippen LogP contribution >= 0.6 is 0 Å². The van der Waals surface area contributed by atoms with Crippen molar-refractivity contribution in [1.29, 1.82) is 0 Å². The van der Waals surface area contributed by atoms with Crippen LogP contribution in [-0.2, 0) is 4.79 Å². The zero-order valence-corrected chi connectivity index (χ0v) is 17.0. The number of rotatable bonds is 8. The molecule has 7 nitrogen and oxygen atoms in total. The first kappa shape index (κ1) is 20.7. The van der Waals surface area contributed by atoms with Crippen LogP contribution in [-0.4, -0.2) is 50.1 Å². The summed E-state index contributed by atoms with van der Waals surface area (Å²) in [5.74, 6) is 0.911. The smallest absolute Gasteiger partial charge is 0.262 e. The Bertz CT molecular complexity index is 880. The van der Waals surface area contributed by atoms with Crippen molar-refractivity contribution in [2.24, 2.45) is 0 Å². The van der Waals surface area contributed by atoms with E-state index in [2.05, 4.69) is 29.4 Å². The Morgan fingerprint density at radius 1 is 1.24 bits per heavy atom. The minimum absolute atomic E-state index is 0.0252. The van der Waals surface area contributed by atoms with E-state index in [-0.39, 0.29) is 24.5 Å². The Kier molecular flexibility index (Phi) is 6.72. The zero-order valence-electron chi connectivity index (χ0n) is 17.0. The number of ether oxygens (including phenoxy) is 2. The number of hydrogen-bond donors (Lipinski definition) is 2. The van der Waals surface area contributed by atoms with Crippen LogP contribution in [0.15, 0.2) is 42.5 Å². The standard InChI is InChI=1S/C22H27N3O4/c1-4-25(5-2)19(15-7-6-8-17(11-15)28-3)13-23-22(27)16-9-10-18-20(12-16)29-14-21(26)24-18/h6-12,19H,4-5,13-14H2,1-3H3,(H,23,27)(H,24,26)/t19-/m1/s1. The number of amides is 2. The predicted octanol–water partition coefficient (Wildman–Crippen LogP) is 2.84. The number of nitrogens with zero attached hydrogens (tertiary/aromatic N) is 1. The summed E-state index contributed by atoms with van der Waals surface area (Å²) in [5, 5.41) is 5.76. The zero-order chi connectivity index (χ0) is 20.8. The lowest BCUT2D eigenvalue weighted by molar-refractivity contribution is -0.118. The lowest BCUT2D eigenvalue weighted by atomic mass is 10.0. The number of likely N-dealkylation sites (N-methyl/N-ethyl adjacent to an activating group) is 1. The molecule has 2 amide bonds. The SMILES string of the molecule is CCN(CC)[C@H](CNC(=O)c1ccc2c(c1)OCC(=O)N2)c1cccc(OC)c1. The van der Waals surface area contributed by atoms with Gasteiger partial charge in [0, 0.05) is 12.1 Å². The first-order valence-corrected chi connectivity index (χ1v) is 9.78. The summed E-state index contributed by atoms with van der Waals surface area (Å²) >= 11 is 0. The molecule has 0 bridgehead atoms. The van der Waals surface area contributed by atoms with Crippen LogP contribution in [0.1, 0.15) is 35.8 Å². The van der Waals surface area contributed by atoms with E-state index in [1.54, 1.807) is 25.3 Å². The van der Waals surface area contributed by atoms with E-state index in [1.165, 1.54) is 0 Å². The first-order chi connectivity index (χ1) is 14.0. The molecule has 7 heteroatoms. The van der Waals surface area contributed by atoms with Gasteiger partial charge in [0.25, 0.3) is 11.8 Å². The number of benzene rings is 2. The van der Waals surface area contributed by atoms with Gasteiger partial charge in [0.2, 0.25) is 0 Å². The normalized spacial score (nSPS) is 13.9. The number of methoxy groups -OCH3 is 1. The largest absolute Gasteiger partial charge is 0.497 e. The van der Waals surface area contributed by atoms with Crippen LogP contribution in [0.25, 0.3) is 0 Å². The van der Waals surface area contributed by atoms with Crippen LogP contribution in [0.5, 0.6) is 11.5 Å². The molecule has 0 saturated carbocycles. The van der Waals surface area contributed by atoms with Crippen molar-refractivity contribution >= 4 is 17.5 Å². The number of fused-ring (bicyclic) bond motifs is 1. The van der Waals surface area contributed by atoms with E-state index in [0.717, 1.165) is 24.4 Å². The van der Waals surface area contributed by atoms with Crippen molar-refractivity contribution in [3.8, 4) is 11.5 Å². The van der Waals surface area contributed by atoms with Crippen molar-refractivity contribution in [1.82, 2.24) is 10.2 Å². The highest BCUT2D eigenvalue weighted by Gasteiger charge is 2.21. The van der Waals surface area contributed by atoms with E-state index >= 15 is 0 Å². The third-order valence-electron chi connectivity index (χ3n) is 5.06. The number of hydrogen-bond acceptors (Lipinski definition) is 5. The maximum absolute atomic E-state index is 12.8. The molecule has 1 heterocycles. The van der Waals surface area contributed by atoms with Gasteiger partial charge in [-0.3, -0.25) is 14.5 Å². The highest BCUT2D eigenvalue weighted by Crippen LogP contribution is 2.29. The highest BCUT2D eigenvalue weighted by atomic mass is 16.5. The van der Waals surface area contributed by atoms with Crippen molar-refractivity contribution < 1.29 is 19.1 Å². The second-order valence-electron chi connectivity index (χ2n) is 6.77. The molecule has 0 aliphatic carbocycles. The summed E-state index contributed by atoms with van der Waals surface area (Å²) in [4.78, 5) is 26.4. The van der Waals surface area contributed by atoms with Crippen molar-refractivity contribution in [2.75, 3.05) is 38.7 Å². The number of anilines is 1. The quantitative estimate of drug-likeness (QED) is 0.716. The molecule has 1 aliphatic heterocycles. The molecule has 3 rings (SSSR count). The molecule has 0 aromatic heterocycles. The molecule has 0 spiro atoms. The lowest BCUT2D eigenvalue weighted by Gasteiger charge is -2.30.